The molecule has 7 heteroatoms. The lowest BCUT2D eigenvalue weighted by Gasteiger charge is -2.25. The highest BCUT2D eigenvalue weighted by Crippen LogP contribution is 2.18. The summed E-state index contributed by atoms with van der Waals surface area (Å²) < 4.78 is 0. The van der Waals surface area contributed by atoms with E-state index in [-0.39, 0.29) is 5.56 Å². The van der Waals surface area contributed by atoms with Gasteiger partial charge < -0.3 is 15.4 Å². The average Bonchev–Trinajstić information content (AvgIpc) is 2.27. The highest BCUT2D eigenvalue weighted by molar-refractivity contribution is 7.99. The van der Waals surface area contributed by atoms with Crippen LogP contribution >= 0.6 is 11.8 Å². The summed E-state index contributed by atoms with van der Waals surface area (Å²) in [6, 6.07) is 1.42. The Bertz CT molecular complexity index is 503. The molecule has 1 aromatic rings. The predicted molar refractivity (Wildman–Crippen MR) is 74.7 cm³/mol. The van der Waals surface area contributed by atoms with Crippen LogP contribution in [0, 0.1) is 6.92 Å². The molecule has 0 saturated heterocycles. The highest BCUT2D eigenvalue weighted by atomic mass is 32.2. The number of carbonyl (C=O) groups is 1. The minimum absolute atomic E-state index is 0.192. The van der Waals surface area contributed by atoms with Gasteiger partial charge in [0.1, 0.15) is 5.54 Å². The van der Waals surface area contributed by atoms with Crippen LogP contribution in [0.3, 0.4) is 0 Å². The van der Waals surface area contributed by atoms with E-state index in [0.717, 1.165) is 0 Å². The van der Waals surface area contributed by atoms with Gasteiger partial charge in [0.15, 0.2) is 5.16 Å². The maximum absolute atomic E-state index is 11.3. The van der Waals surface area contributed by atoms with Gasteiger partial charge in [0.2, 0.25) is 0 Å². The number of aromatic nitrogens is 2. The topological polar surface area (TPSA) is 95.1 Å². The van der Waals surface area contributed by atoms with Crippen LogP contribution < -0.4 is 10.9 Å². The van der Waals surface area contributed by atoms with Crippen molar-refractivity contribution in [2.24, 2.45) is 0 Å². The number of aromatic amines is 1. The highest BCUT2D eigenvalue weighted by Gasteiger charge is 2.31. The van der Waals surface area contributed by atoms with Crippen molar-refractivity contribution in [3.05, 3.63) is 22.1 Å². The molecular weight excluding hydrogens is 266 g/mol. The number of thioether (sulfide) groups is 1. The van der Waals surface area contributed by atoms with Crippen molar-refractivity contribution in [1.29, 1.82) is 0 Å². The van der Waals surface area contributed by atoms with Crippen LogP contribution in [0.5, 0.6) is 0 Å². The molecule has 0 radical (unpaired) electrons. The molecule has 0 aromatic carbocycles. The number of aliphatic carboxylic acids is 1. The van der Waals surface area contributed by atoms with Gasteiger partial charge in [-0.25, -0.2) is 4.98 Å². The summed E-state index contributed by atoms with van der Waals surface area (Å²) in [5.74, 6) is -0.317. The summed E-state index contributed by atoms with van der Waals surface area (Å²) >= 11 is 1.35. The van der Waals surface area contributed by atoms with E-state index < -0.39 is 11.5 Å². The molecule has 6 nitrogen and oxygen atoms in total. The van der Waals surface area contributed by atoms with Gasteiger partial charge in [0.05, 0.1) is 0 Å². The third kappa shape index (κ3) is 4.68. The van der Waals surface area contributed by atoms with Gasteiger partial charge in [0, 0.05) is 17.5 Å². The van der Waals surface area contributed by atoms with Crippen molar-refractivity contribution in [3.8, 4) is 0 Å². The SMILES string of the molecule is CCNC(C)(CCSc1nc(C)cc(=O)[nH]1)C(=O)O. The number of nitrogens with zero attached hydrogens (tertiary/aromatic N) is 1. The van der Waals surface area contributed by atoms with Gasteiger partial charge in [0.25, 0.3) is 5.56 Å². The van der Waals surface area contributed by atoms with E-state index in [9.17, 15) is 14.7 Å². The second kappa shape index (κ2) is 6.72. The standard InChI is InChI=1S/C12H19N3O3S/c1-4-13-12(3,10(17)18)5-6-19-11-14-8(2)7-9(16)15-11/h7,13H,4-6H2,1-3H3,(H,17,18)(H,14,15,16). The molecule has 19 heavy (non-hydrogen) atoms. The van der Waals surface area contributed by atoms with Gasteiger partial charge >= 0.3 is 5.97 Å². The number of carboxylic acid groups (broad SMARTS) is 1. The number of hydrogen-bond acceptors (Lipinski definition) is 5. The summed E-state index contributed by atoms with van der Waals surface area (Å²) in [4.78, 5) is 29.3. The van der Waals surface area contributed by atoms with E-state index in [1.165, 1.54) is 17.8 Å². The zero-order valence-corrected chi connectivity index (χ0v) is 12.1. The van der Waals surface area contributed by atoms with Crippen molar-refractivity contribution in [2.45, 2.75) is 37.9 Å². The Morgan fingerprint density at radius 1 is 1.63 bits per heavy atom. The van der Waals surface area contributed by atoms with E-state index in [4.69, 9.17) is 0 Å². The molecule has 0 aliphatic heterocycles. The van der Waals surface area contributed by atoms with Crippen molar-refractivity contribution >= 4 is 17.7 Å². The molecule has 0 amide bonds. The van der Waals surface area contributed by atoms with Gasteiger partial charge in [-0.3, -0.25) is 9.59 Å². The molecule has 0 spiro atoms. The van der Waals surface area contributed by atoms with Gasteiger partial charge in [-0.15, -0.1) is 0 Å². The van der Waals surface area contributed by atoms with Gasteiger partial charge in [-0.05, 0) is 26.8 Å². The van der Waals surface area contributed by atoms with Crippen LogP contribution in [0.4, 0.5) is 0 Å². The third-order valence-electron chi connectivity index (χ3n) is 2.73. The number of nitrogens with one attached hydrogen (secondary N) is 2. The number of carboxylic acids is 1. The molecule has 1 unspecified atom stereocenters. The number of rotatable bonds is 7. The zero-order valence-electron chi connectivity index (χ0n) is 11.3. The fraction of sp³-hybridized carbons (Fsp3) is 0.583. The van der Waals surface area contributed by atoms with Crippen LogP contribution in [-0.2, 0) is 4.79 Å². The zero-order chi connectivity index (χ0) is 14.5. The summed E-state index contributed by atoms with van der Waals surface area (Å²) in [5.41, 5.74) is -0.493. The van der Waals surface area contributed by atoms with Crippen LogP contribution in [-0.4, -0.2) is 38.9 Å². The molecular formula is C12H19N3O3S. The molecule has 0 bridgehead atoms. The van der Waals surface area contributed by atoms with Gasteiger partial charge in [-0.2, -0.15) is 0 Å². The number of aryl methyl sites for hydroxylation is 1. The molecule has 1 aromatic heterocycles. The summed E-state index contributed by atoms with van der Waals surface area (Å²) in [7, 11) is 0. The Balaban J connectivity index is 2.61. The fourth-order valence-electron chi connectivity index (χ4n) is 1.63. The van der Waals surface area contributed by atoms with Gasteiger partial charge in [-0.1, -0.05) is 18.7 Å². The number of likely N-dealkylation sites (N-methyl/N-ethyl adjacent to an activating group) is 1. The van der Waals surface area contributed by atoms with Crippen LogP contribution in [0.15, 0.2) is 16.0 Å². The lowest BCUT2D eigenvalue weighted by molar-refractivity contribution is -0.144. The average molecular weight is 285 g/mol. The fourth-order valence-corrected chi connectivity index (χ4v) is 2.72. The first-order valence-corrected chi connectivity index (χ1v) is 7.05. The third-order valence-corrected chi connectivity index (χ3v) is 3.60. The number of hydrogen-bond donors (Lipinski definition) is 3. The smallest absolute Gasteiger partial charge is 0.323 e. The molecule has 1 heterocycles. The van der Waals surface area contributed by atoms with E-state index in [1.807, 2.05) is 6.92 Å². The first kappa shape index (κ1) is 15.7. The minimum atomic E-state index is -0.953. The van der Waals surface area contributed by atoms with Crippen LogP contribution in [0.1, 0.15) is 26.0 Å². The summed E-state index contributed by atoms with van der Waals surface area (Å²) in [5, 5.41) is 12.7. The Labute approximate surface area is 116 Å². The van der Waals surface area contributed by atoms with Crippen molar-refractivity contribution in [3.63, 3.8) is 0 Å². The Hall–Kier alpha value is -1.34. The molecule has 0 aliphatic rings. The molecule has 0 fully saturated rings. The first-order chi connectivity index (χ1) is 8.87. The molecule has 106 valence electrons. The monoisotopic (exact) mass is 285 g/mol. The van der Waals surface area contributed by atoms with E-state index in [1.54, 1.807) is 13.8 Å². The second-order valence-electron chi connectivity index (χ2n) is 4.46. The molecule has 3 N–H and O–H groups in total. The predicted octanol–water partition coefficient (Wildman–Crippen LogP) is 1.01. The largest absolute Gasteiger partial charge is 0.480 e. The van der Waals surface area contributed by atoms with Crippen molar-refractivity contribution in [1.82, 2.24) is 15.3 Å². The second-order valence-corrected chi connectivity index (χ2v) is 5.54. The maximum Gasteiger partial charge on any atom is 0.323 e. The molecule has 1 atom stereocenters. The lowest BCUT2D eigenvalue weighted by atomic mass is 9.99. The minimum Gasteiger partial charge on any atom is -0.480 e. The Morgan fingerprint density at radius 2 is 2.32 bits per heavy atom. The Kier molecular flexibility index (Phi) is 5.56. The summed E-state index contributed by atoms with van der Waals surface area (Å²) in [6.07, 6.45) is 0.443. The van der Waals surface area contributed by atoms with E-state index >= 15 is 0 Å². The number of H-pyrrole nitrogens is 1. The normalized spacial score (nSPS) is 14.1. The van der Waals surface area contributed by atoms with Crippen molar-refractivity contribution in [2.75, 3.05) is 12.3 Å². The maximum atomic E-state index is 11.3. The molecule has 1 rings (SSSR count). The first-order valence-electron chi connectivity index (χ1n) is 6.06. The van der Waals surface area contributed by atoms with E-state index in [0.29, 0.717) is 29.6 Å². The molecule has 0 saturated carbocycles. The van der Waals surface area contributed by atoms with Crippen molar-refractivity contribution < 1.29 is 9.90 Å². The summed E-state index contributed by atoms with van der Waals surface area (Å²) in [6.45, 7) is 5.87. The van der Waals surface area contributed by atoms with Crippen LogP contribution in [0.25, 0.3) is 0 Å². The molecule has 0 aliphatic carbocycles. The van der Waals surface area contributed by atoms with E-state index in [2.05, 4.69) is 15.3 Å². The lowest BCUT2D eigenvalue weighted by Crippen LogP contribution is -2.49. The Morgan fingerprint density at radius 3 is 2.84 bits per heavy atom. The van der Waals surface area contributed by atoms with Crippen LogP contribution in [0.2, 0.25) is 0 Å². The quantitative estimate of drug-likeness (QED) is 0.511.